The number of allylic oxidation sites excluding steroid dienone is 1. The zero-order valence-corrected chi connectivity index (χ0v) is 13.4. The molecular formula is C17H27NO4. The summed E-state index contributed by atoms with van der Waals surface area (Å²) in [4.78, 5) is 14.1. The first-order valence-corrected chi connectivity index (χ1v) is 8.64. The van der Waals surface area contributed by atoms with E-state index in [-0.39, 0.29) is 24.7 Å². The Morgan fingerprint density at radius 2 is 2.23 bits per heavy atom. The van der Waals surface area contributed by atoms with E-state index in [0.29, 0.717) is 24.2 Å². The first-order chi connectivity index (χ1) is 10.7. The summed E-state index contributed by atoms with van der Waals surface area (Å²) in [6, 6.07) is 0. The van der Waals surface area contributed by atoms with Gasteiger partial charge < -0.3 is 19.5 Å². The summed E-state index contributed by atoms with van der Waals surface area (Å²) in [5, 5.41) is 9.17. The molecule has 0 spiro atoms. The summed E-state index contributed by atoms with van der Waals surface area (Å²) < 4.78 is 11.7. The number of hydrogen-bond acceptors (Lipinski definition) is 4. The second-order valence-corrected chi connectivity index (χ2v) is 6.56. The van der Waals surface area contributed by atoms with Gasteiger partial charge in [-0.1, -0.05) is 6.42 Å². The van der Waals surface area contributed by atoms with Gasteiger partial charge in [-0.3, -0.25) is 4.79 Å². The minimum atomic E-state index is -0.356. The van der Waals surface area contributed by atoms with Crippen LogP contribution in [0.1, 0.15) is 39.0 Å². The molecule has 0 aromatic rings. The Labute approximate surface area is 132 Å². The molecule has 0 aromatic heterocycles. The average Bonchev–Trinajstić information content (AvgIpc) is 3.28. The van der Waals surface area contributed by atoms with Crippen LogP contribution in [0, 0.1) is 17.8 Å². The predicted molar refractivity (Wildman–Crippen MR) is 81.8 cm³/mol. The van der Waals surface area contributed by atoms with Gasteiger partial charge in [-0.2, -0.15) is 0 Å². The lowest BCUT2D eigenvalue weighted by Gasteiger charge is -2.43. The van der Waals surface area contributed by atoms with Crippen molar-refractivity contribution in [2.75, 3.05) is 26.3 Å². The van der Waals surface area contributed by atoms with Crippen LogP contribution in [0.4, 0.5) is 0 Å². The van der Waals surface area contributed by atoms with E-state index >= 15 is 0 Å². The van der Waals surface area contributed by atoms with Crippen LogP contribution in [0.5, 0.6) is 0 Å². The predicted octanol–water partition coefficient (Wildman–Crippen LogP) is 1.91. The highest BCUT2D eigenvalue weighted by molar-refractivity contribution is 5.93. The molecule has 2 aliphatic heterocycles. The molecule has 5 nitrogen and oxygen atoms in total. The molecule has 3 rings (SSSR count). The molecule has 0 unspecified atom stereocenters. The van der Waals surface area contributed by atoms with Crippen LogP contribution in [0.25, 0.3) is 0 Å². The van der Waals surface area contributed by atoms with E-state index < -0.39 is 0 Å². The van der Waals surface area contributed by atoms with Crippen LogP contribution in [0.15, 0.2) is 11.8 Å². The van der Waals surface area contributed by atoms with Crippen LogP contribution in [-0.2, 0) is 14.3 Å². The van der Waals surface area contributed by atoms with E-state index in [0.717, 1.165) is 25.9 Å². The fourth-order valence-corrected chi connectivity index (χ4v) is 3.55. The van der Waals surface area contributed by atoms with E-state index in [4.69, 9.17) is 9.47 Å². The summed E-state index contributed by atoms with van der Waals surface area (Å²) in [7, 11) is 0. The first kappa shape index (κ1) is 15.8. The summed E-state index contributed by atoms with van der Waals surface area (Å²) in [6.45, 7) is 4.38. The largest absolute Gasteiger partial charge is 0.459 e. The highest BCUT2D eigenvalue weighted by atomic mass is 16.7. The van der Waals surface area contributed by atoms with Crippen LogP contribution in [0.3, 0.4) is 0 Å². The molecule has 0 aromatic carbocycles. The standard InChI is InChI=1S/C17H27NO4/c1-2-21-17-13(7-4-10-19)14(12-5-3-6-12)11-15(22-17)16(20)18-8-9-18/h11-14,17,19H,2-10H2,1H3/t13-,14-,17-/m0/s1. The maximum Gasteiger partial charge on any atom is 0.288 e. The summed E-state index contributed by atoms with van der Waals surface area (Å²) in [6.07, 6.45) is 7.06. The van der Waals surface area contributed by atoms with Gasteiger partial charge in [0.05, 0.1) is 0 Å². The number of rotatable bonds is 7. The van der Waals surface area contributed by atoms with E-state index in [2.05, 4.69) is 6.08 Å². The van der Waals surface area contributed by atoms with Crippen molar-refractivity contribution in [3.8, 4) is 0 Å². The number of carbonyl (C=O) groups is 1. The Hall–Kier alpha value is -1.07. The summed E-state index contributed by atoms with van der Waals surface area (Å²) >= 11 is 0. The number of carbonyl (C=O) groups excluding carboxylic acids is 1. The Morgan fingerprint density at radius 3 is 2.77 bits per heavy atom. The van der Waals surface area contributed by atoms with Gasteiger partial charge in [0, 0.05) is 32.2 Å². The molecule has 124 valence electrons. The second kappa shape index (κ2) is 7.01. The number of nitrogens with zero attached hydrogens (tertiary/aromatic N) is 1. The normalized spacial score (nSPS) is 31.3. The van der Waals surface area contributed by atoms with Crippen LogP contribution < -0.4 is 0 Å². The molecule has 5 heteroatoms. The quantitative estimate of drug-likeness (QED) is 0.730. The van der Waals surface area contributed by atoms with Crippen molar-refractivity contribution in [1.82, 2.24) is 4.90 Å². The van der Waals surface area contributed by atoms with Crippen molar-refractivity contribution < 1.29 is 19.4 Å². The van der Waals surface area contributed by atoms with Crippen LogP contribution in [-0.4, -0.2) is 48.5 Å². The first-order valence-electron chi connectivity index (χ1n) is 8.64. The number of aliphatic hydroxyl groups excluding tert-OH is 1. The molecule has 22 heavy (non-hydrogen) atoms. The molecule has 2 heterocycles. The van der Waals surface area contributed by atoms with Gasteiger partial charge >= 0.3 is 0 Å². The van der Waals surface area contributed by atoms with Gasteiger partial charge in [0.15, 0.2) is 5.76 Å². The third-order valence-electron chi connectivity index (χ3n) is 5.10. The van der Waals surface area contributed by atoms with E-state index in [1.165, 1.54) is 19.3 Å². The highest BCUT2D eigenvalue weighted by Gasteiger charge is 2.43. The molecule has 0 radical (unpaired) electrons. The third-order valence-corrected chi connectivity index (χ3v) is 5.10. The summed E-state index contributed by atoms with van der Waals surface area (Å²) in [5.41, 5.74) is 0. The number of aliphatic hydroxyl groups is 1. The maximum atomic E-state index is 12.3. The maximum absolute atomic E-state index is 12.3. The van der Waals surface area contributed by atoms with E-state index in [1.807, 2.05) is 6.92 Å². The van der Waals surface area contributed by atoms with Gasteiger partial charge in [0.25, 0.3) is 5.91 Å². The van der Waals surface area contributed by atoms with Crippen LogP contribution >= 0.6 is 0 Å². The van der Waals surface area contributed by atoms with Gasteiger partial charge in [-0.05, 0) is 50.5 Å². The number of ether oxygens (including phenoxy) is 2. The zero-order chi connectivity index (χ0) is 15.5. The second-order valence-electron chi connectivity index (χ2n) is 6.56. The van der Waals surface area contributed by atoms with E-state index in [1.54, 1.807) is 4.90 Å². The van der Waals surface area contributed by atoms with Crippen LogP contribution in [0.2, 0.25) is 0 Å². The fourth-order valence-electron chi connectivity index (χ4n) is 3.55. The Kier molecular flexibility index (Phi) is 5.03. The molecule has 0 bridgehead atoms. The SMILES string of the molecule is CCO[C@H]1OC(C(=O)N2CC2)=C[C@@H](C2CCC2)[C@@H]1CCCO. The Bertz CT molecular complexity index is 428. The smallest absolute Gasteiger partial charge is 0.288 e. The molecule has 3 atom stereocenters. The fraction of sp³-hybridized carbons (Fsp3) is 0.824. The number of hydrogen-bond donors (Lipinski definition) is 1. The minimum absolute atomic E-state index is 0.00892. The van der Waals surface area contributed by atoms with E-state index in [9.17, 15) is 9.90 Å². The van der Waals surface area contributed by atoms with Gasteiger partial charge in [0.1, 0.15) is 0 Å². The molecule has 1 saturated heterocycles. The lowest BCUT2D eigenvalue weighted by molar-refractivity contribution is -0.179. The average molecular weight is 309 g/mol. The van der Waals surface area contributed by atoms with Crippen molar-refractivity contribution in [1.29, 1.82) is 0 Å². The molecule has 1 N–H and O–H groups in total. The highest BCUT2D eigenvalue weighted by Crippen LogP contribution is 2.44. The van der Waals surface area contributed by atoms with Gasteiger partial charge in [-0.15, -0.1) is 0 Å². The topological polar surface area (TPSA) is 58.8 Å². The molecule has 1 saturated carbocycles. The van der Waals surface area contributed by atoms with Crippen molar-refractivity contribution in [2.24, 2.45) is 17.8 Å². The van der Waals surface area contributed by atoms with Crippen molar-refractivity contribution >= 4 is 5.91 Å². The Morgan fingerprint density at radius 1 is 1.45 bits per heavy atom. The molecule has 2 fully saturated rings. The molecular weight excluding hydrogens is 282 g/mol. The monoisotopic (exact) mass is 309 g/mol. The van der Waals surface area contributed by atoms with Crippen molar-refractivity contribution in [3.05, 3.63) is 11.8 Å². The zero-order valence-electron chi connectivity index (χ0n) is 13.4. The molecule has 3 aliphatic rings. The summed E-state index contributed by atoms with van der Waals surface area (Å²) in [5.74, 6) is 1.70. The molecule has 1 aliphatic carbocycles. The molecule has 1 amide bonds. The third kappa shape index (κ3) is 3.30. The lowest BCUT2D eigenvalue weighted by Crippen LogP contribution is -2.42. The Balaban J connectivity index is 1.80. The minimum Gasteiger partial charge on any atom is -0.459 e. The lowest BCUT2D eigenvalue weighted by atomic mass is 9.68. The van der Waals surface area contributed by atoms with Crippen molar-refractivity contribution in [2.45, 2.75) is 45.3 Å². The van der Waals surface area contributed by atoms with Gasteiger partial charge in [-0.25, -0.2) is 0 Å². The number of amides is 1. The van der Waals surface area contributed by atoms with Gasteiger partial charge in [0.2, 0.25) is 6.29 Å². The van der Waals surface area contributed by atoms with Crippen molar-refractivity contribution in [3.63, 3.8) is 0 Å².